The molecular formula is C15H10ClFN2O3. The number of carbonyl (C=O) groups excluding carboxylic acids is 1. The van der Waals surface area contributed by atoms with Crippen LogP contribution in [0, 0.1) is 5.82 Å². The third kappa shape index (κ3) is 2.48. The summed E-state index contributed by atoms with van der Waals surface area (Å²) in [6.07, 6.45) is 3.07. The number of benzene rings is 1. The zero-order chi connectivity index (χ0) is 15.7. The van der Waals surface area contributed by atoms with Crippen LogP contribution >= 0.6 is 11.6 Å². The molecule has 7 heteroatoms. The van der Waals surface area contributed by atoms with Crippen molar-refractivity contribution >= 4 is 28.6 Å². The van der Waals surface area contributed by atoms with Crippen LogP contribution < -0.4 is 4.84 Å². The number of pyridine rings is 1. The Morgan fingerprint density at radius 2 is 2.18 bits per heavy atom. The summed E-state index contributed by atoms with van der Waals surface area (Å²) >= 11 is 6.10. The van der Waals surface area contributed by atoms with Gasteiger partial charge in [-0.2, -0.15) is 4.73 Å². The van der Waals surface area contributed by atoms with Crippen molar-refractivity contribution in [3.05, 3.63) is 59.1 Å². The summed E-state index contributed by atoms with van der Waals surface area (Å²) in [4.78, 5) is 21.5. The molecule has 5 nitrogen and oxygen atoms in total. The number of ether oxygens (including phenoxy) is 1. The molecule has 1 aromatic carbocycles. The maximum absolute atomic E-state index is 13.5. The summed E-state index contributed by atoms with van der Waals surface area (Å²) in [6, 6.07) is 7.04. The Morgan fingerprint density at radius 1 is 1.36 bits per heavy atom. The molecule has 0 amide bonds. The van der Waals surface area contributed by atoms with Gasteiger partial charge in [-0.25, -0.2) is 14.2 Å². The molecule has 0 radical (unpaired) electrons. The average molecular weight is 321 g/mol. The largest absolute Gasteiger partial charge is 0.465 e. The number of halogens is 2. The van der Waals surface area contributed by atoms with Gasteiger partial charge >= 0.3 is 5.97 Å². The SMILES string of the molecule is COC(=O)c1ccc(F)cc1On1cc(Cl)c2cccnc21. The minimum atomic E-state index is -0.634. The number of methoxy groups -OCH3 is 1. The van der Waals surface area contributed by atoms with Crippen molar-refractivity contribution in [1.29, 1.82) is 0 Å². The van der Waals surface area contributed by atoms with Gasteiger partial charge < -0.3 is 9.57 Å². The number of esters is 1. The van der Waals surface area contributed by atoms with Gasteiger partial charge in [0.05, 0.1) is 18.3 Å². The van der Waals surface area contributed by atoms with Crippen molar-refractivity contribution in [2.24, 2.45) is 0 Å². The number of rotatable bonds is 3. The average Bonchev–Trinajstić information content (AvgIpc) is 2.84. The van der Waals surface area contributed by atoms with Crippen LogP contribution in [0.2, 0.25) is 5.02 Å². The summed E-state index contributed by atoms with van der Waals surface area (Å²) in [7, 11) is 1.24. The van der Waals surface area contributed by atoms with Crippen molar-refractivity contribution in [2.45, 2.75) is 0 Å². The number of carbonyl (C=O) groups is 1. The van der Waals surface area contributed by atoms with Gasteiger partial charge in [0.15, 0.2) is 11.4 Å². The fourth-order valence-electron chi connectivity index (χ4n) is 2.02. The highest BCUT2D eigenvalue weighted by molar-refractivity contribution is 6.35. The second-order valence-electron chi connectivity index (χ2n) is 4.40. The zero-order valence-electron chi connectivity index (χ0n) is 11.4. The molecule has 0 unspecified atom stereocenters. The third-order valence-electron chi connectivity index (χ3n) is 3.03. The van der Waals surface area contributed by atoms with E-state index < -0.39 is 11.8 Å². The number of nitrogens with zero attached hydrogens (tertiary/aromatic N) is 2. The predicted molar refractivity (Wildman–Crippen MR) is 78.5 cm³/mol. The molecule has 0 atom stereocenters. The smallest absolute Gasteiger partial charge is 0.341 e. The van der Waals surface area contributed by atoms with E-state index in [2.05, 4.69) is 9.72 Å². The van der Waals surface area contributed by atoms with Crippen LogP contribution in [0.15, 0.2) is 42.7 Å². The first-order valence-corrected chi connectivity index (χ1v) is 6.65. The molecule has 0 saturated heterocycles. The standard InChI is InChI=1S/C15H10ClFN2O3/c1-21-15(20)11-5-4-9(17)7-13(11)22-19-8-12(16)10-3-2-6-18-14(10)19/h2-8H,1H3. The van der Waals surface area contributed by atoms with Gasteiger partial charge in [0.25, 0.3) is 0 Å². The van der Waals surface area contributed by atoms with Crippen LogP contribution in [0.5, 0.6) is 5.75 Å². The van der Waals surface area contributed by atoms with E-state index in [1.807, 2.05) is 0 Å². The van der Waals surface area contributed by atoms with Gasteiger partial charge in [-0.1, -0.05) is 11.6 Å². The van der Waals surface area contributed by atoms with Crippen molar-refractivity contribution in [3.8, 4) is 5.75 Å². The molecule has 22 heavy (non-hydrogen) atoms. The second kappa shape index (κ2) is 5.65. The number of hydrogen-bond donors (Lipinski definition) is 0. The second-order valence-corrected chi connectivity index (χ2v) is 4.81. The molecule has 3 rings (SSSR count). The third-order valence-corrected chi connectivity index (χ3v) is 3.33. The molecule has 0 aliphatic rings. The Bertz CT molecular complexity index is 863. The molecule has 0 aliphatic heterocycles. The normalized spacial score (nSPS) is 10.7. The minimum absolute atomic E-state index is 0.00562. The van der Waals surface area contributed by atoms with E-state index in [1.165, 1.54) is 24.1 Å². The molecule has 0 aliphatic carbocycles. The Morgan fingerprint density at radius 3 is 2.95 bits per heavy atom. The summed E-state index contributed by atoms with van der Waals surface area (Å²) in [5, 5.41) is 1.11. The molecule has 0 N–H and O–H groups in total. The van der Waals surface area contributed by atoms with Gasteiger partial charge in [-0.15, -0.1) is 0 Å². The number of aromatic nitrogens is 2. The van der Waals surface area contributed by atoms with Crippen LogP contribution in [0.3, 0.4) is 0 Å². The Balaban J connectivity index is 2.09. The molecular weight excluding hydrogens is 311 g/mol. The first kappa shape index (κ1) is 14.3. The lowest BCUT2D eigenvalue weighted by atomic mass is 10.2. The van der Waals surface area contributed by atoms with Crippen LogP contribution in [0.4, 0.5) is 4.39 Å². The lowest BCUT2D eigenvalue weighted by Crippen LogP contribution is -2.10. The molecule has 3 aromatic rings. The highest BCUT2D eigenvalue weighted by Crippen LogP contribution is 2.27. The van der Waals surface area contributed by atoms with Crippen molar-refractivity contribution in [3.63, 3.8) is 0 Å². The van der Waals surface area contributed by atoms with E-state index in [-0.39, 0.29) is 11.3 Å². The Kier molecular flexibility index (Phi) is 3.68. The van der Waals surface area contributed by atoms with E-state index in [4.69, 9.17) is 16.4 Å². The first-order valence-electron chi connectivity index (χ1n) is 6.28. The Labute approximate surface area is 129 Å². The maximum atomic E-state index is 13.5. The van der Waals surface area contributed by atoms with E-state index in [9.17, 15) is 9.18 Å². The van der Waals surface area contributed by atoms with E-state index in [0.29, 0.717) is 16.1 Å². The van der Waals surface area contributed by atoms with Gasteiger partial charge in [0, 0.05) is 17.6 Å². The molecule has 0 bridgehead atoms. The van der Waals surface area contributed by atoms with Crippen LogP contribution in [-0.4, -0.2) is 22.8 Å². The van der Waals surface area contributed by atoms with Gasteiger partial charge in [-0.05, 0) is 24.3 Å². The molecule has 0 fully saturated rings. The van der Waals surface area contributed by atoms with Gasteiger partial charge in [0.1, 0.15) is 11.4 Å². The fraction of sp³-hybridized carbons (Fsp3) is 0.0667. The van der Waals surface area contributed by atoms with Crippen molar-refractivity contribution < 1.29 is 18.8 Å². The minimum Gasteiger partial charge on any atom is -0.465 e. The van der Waals surface area contributed by atoms with Crippen LogP contribution in [0.1, 0.15) is 10.4 Å². The van der Waals surface area contributed by atoms with Crippen LogP contribution in [-0.2, 0) is 4.74 Å². The highest BCUT2D eigenvalue weighted by atomic mass is 35.5. The molecule has 2 aromatic heterocycles. The van der Waals surface area contributed by atoms with E-state index >= 15 is 0 Å². The monoisotopic (exact) mass is 320 g/mol. The maximum Gasteiger partial charge on any atom is 0.341 e. The summed E-state index contributed by atoms with van der Waals surface area (Å²) in [5.74, 6) is -1.17. The quantitative estimate of drug-likeness (QED) is 0.694. The number of fused-ring (bicyclic) bond motifs is 1. The zero-order valence-corrected chi connectivity index (χ0v) is 12.2. The molecule has 0 spiro atoms. The van der Waals surface area contributed by atoms with E-state index in [0.717, 1.165) is 12.1 Å². The lowest BCUT2D eigenvalue weighted by Gasteiger charge is -2.10. The van der Waals surface area contributed by atoms with Crippen molar-refractivity contribution in [1.82, 2.24) is 9.71 Å². The van der Waals surface area contributed by atoms with Gasteiger partial charge in [-0.3, -0.25) is 0 Å². The first-order chi connectivity index (χ1) is 10.6. The topological polar surface area (TPSA) is 53.4 Å². The summed E-state index contributed by atoms with van der Waals surface area (Å²) in [5.41, 5.74) is 0.547. The molecule has 0 saturated carbocycles. The van der Waals surface area contributed by atoms with Crippen LogP contribution in [0.25, 0.3) is 11.0 Å². The molecule has 112 valence electrons. The lowest BCUT2D eigenvalue weighted by molar-refractivity contribution is 0.0593. The van der Waals surface area contributed by atoms with Gasteiger partial charge in [0.2, 0.25) is 0 Å². The Hall–Kier alpha value is -2.60. The van der Waals surface area contributed by atoms with Crippen molar-refractivity contribution in [2.75, 3.05) is 7.11 Å². The summed E-state index contributed by atoms with van der Waals surface area (Å²) < 4.78 is 19.4. The fourth-order valence-corrected chi connectivity index (χ4v) is 2.25. The highest BCUT2D eigenvalue weighted by Gasteiger charge is 2.17. The summed E-state index contributed by atoms with van der Waals surface area (Å²) in [6.45, 7) is 0. The van der Waals surface area contributed by atoms with E-state index in [1.54, 1.807) is 18.3 Å². The molecule has 2 heterocycles. The number of hydrogen-bond acceptors (Lipinski definition) is 4. The predicted octanol–water partition coefficient (Wildman–Crippen LogP) is 3.46.